The van der Waals surface area contributed by atoms with E-state index in [4.69, 9.17) is 0 Å². The number of aliphatic carboxylic acids is 1. The monoisotopic (exact) mass is 325 g/mol. The van der Waals surface area contributed by atoms with Gasteiger partial charge in [-0.25, -0.2) is 13.2 Å². The van der Waals surface area contributed by atoms with E-state index in [-0.39, 0.29) is 0 Å². The maximum Gasteiger partial charge on any atom is 0.330 e. The number of carboxylic acids is 1. The highest BCUT2D eigenvalue weighted by Crippen LogP contribution is 2.25. The molecule has 1 saturated carbocycles. The Kier molecular flexibility index (Phi) is 5.18. The lowest BCUT2D eigenvalue weighted by molar-refractivity contribution is -0.141. The highest BCUT2D eigenvalue weighted by Gasteiger charge is 2.32. The smallest absolute Gasteiger partial charge is 0.330 e. The fourth-order valence-corrected chi connectivity index (χ4v) is 4.42. The van der Waals surface area contributed by atoms with E-state index in [9.17, 15) is 23.1 Å². The van der Waals surface area contributed by atoms with Crippen molar-refractivity contribution in [3.8, 4) is 0 Å². The first-order valence-corrected chi connectivity index (χ1v) is 8.90. The molecule has 0 saturated heterocycles. The lowest BCUT2D eigenvalue weighted by atomic mass is 10.1. The van der Waals surface area contributed by atoms with E-state index < -0.39 is 38.8 Å². The molecule has 7 heteroatoms. The fourth-order valence-electron chi connectivity index (χ4n) is 2.68. The van der Waals surface area contributed by atoms with Gasteiger partial charge in [-0.2, -0.15) is 0 Å². The zero-order valence-electron chi connectivity index (χ0n) is 12.1. The molecule has 2 N–H and O–H groups in total. The van der Waals surface area contributed by atoms with Crippen molar-refractivity contribution in [1.82, 2.24) is 5.32 Å². The SMILES string of the molecule is O=C(CS(=O)(=O)C1CCCC1)NC(C(=O)O)c1ccccc1. The van der Waals surface area contributed by atoms with E-state index in [1.165, 1.54) is 0 Å². The highest BCUT2D eigenvalue weighted by atomic mass is 32.2. The Morgan fingerprint density at radius 1 is 1.18 bits per heavy atom. The van der Waals surface area contributed by atoms with E-state index in [0.717, 1.165) is 12.8 Å². The topological polar surface area (TPSA) is 101 Å². The van der Waals surface area contributed by atoms with Crippen molar-refractivity contribution in [2.24, 2.45) is 0 Å². The number of benzene rings is 1. The predicted octanol–water partition coefficient (Wildman–Crippen LogP) is 1.29. The van der Waals surface area contributed by atoms with Gasteiger partial charge in [0, 0.05) is 0 Å². The van der Waals surface area contributed by atoms with Crippen LogP contribution in [0.3, 0.4) is 0 Å². The lowest BCUT2D eigenvalue weighted by Crippen LogP contribution is -2.39. The number of carboxylic acid groups (broad SMARTS) is 1. The van der Waals surface area contributed by atoms with Gasteiger partial charge in [0.2, 0.25) is 5.91 Å². The molecule has 1 amide bonds. The van der Waals surface area contributed by atoms with Crippen LogP contribution in [0.5, 0.6) is 0 Å². The van der Waals surface area contributed by atoms with Crippen molar-refractivity contribution >= 4 is 21.7 Å². The number of sulfone groups is 1. The first-order valence-electron chi connectivity index (χ1n) is 7.19. The van der Waals surface area contributed by atoms with Crippen molar-refractivity contribution in [3.63, 3.8) is 0 Å². The van der Waals surface area contributed by atoms with Gasteiger partial charge < -0.3 is 10.4 Å². The molecule has 0 bridgehead atoms. The molecule has 1 aromatic carbocycles. The summed E-state index contributed by atoms with van der Waals surface area (Å²) in [6.07, 6.45) is 2.87. The Morgan fingerprint density at radius 3 is 2.32 bits per heavy atom. The molecule has 1 aromatic rings. The second-order valence-corrected chi connectivity index (χ2v) is 7.74. The van der Waals surface area contributed by atoms with Crippen LogP contribution in [0.1, 0.15) is 37.3 Å². The Balaban J connectivity index is 2.04. The summed E-state index contributed by atoms with van der Waals surface area (Å²) < 4.78 is 24.2. The normalized spacial score (nSPS) is 17.1. The van der Waals surface area contributed by atoms with Crippen molar-refractivity contribution in [2.75, 3.05) is 5.75 Å². The molecule has 0 spiro atoms. The number of hydrogen-bond donors (Lipinski definition) is 2. The third-order valence-corrected chi connectivity index (χ3v) is 5.98. The van der Waals surface area contributed by atoms with Crippen molar-refractivity contribution in [3.05, 3.63) is 35.9 Å². The summed E-state index contributed by atoms with van der Waals surface area (Å²) in [4.78, 5) is 23.2. The maximum atomic E-state index is 12.1. The zero-order valence-corrected chi connectivity index (χ0v) is 12.9. The van der Waals surface area contributed by atoms with Crippen LogP contribution in [0.15, 0.2) is 30.3 Å². The van der Waals surface area contributed by atoms with Crippen molar-refractivity contribution in [2.45, 2.75) is 37.0 Å². The van der Waals surface area contributed by atoms with Gasteiger partial charge in [0.05, 0.1) is 5.25 Å². The highest BCUT2D eigenvalue weighted by molar-refractivity contribution is 7.92. The quantitative estimate of drug-likeness (QED) is 0.821. The molecule has 0 aromatic heterocycles. The molecule has 6 nitrogen and oxygen atoms in total. The molecule has 1 aliphatic carbocycles. The molecule has 0 aliphatic heterocycles. The summed E-state index contributed by atoms with van der Waals surface area (Å²) in [5.74, 6) is -2.66. The van der Waals surface area contributed by atoms with Gasteiger partial charge in [-0.3, -0.25) is 4.79 Å². The molecule has 120 valence electrons. The second kappa shape index (κ2) is 6.91. The minimum absolute atomic E-state index is 0.404. The largest absolute Gasteiger partial charge is 0.479 e. The van der Waals surface area contributed by atoms with Gasteiger partial charge in [-0.15, -0.1) is 0 Å². The van der Waals surface area contributed by atoms with E-state index in [1.807, 2.05) is 0 Å². The number of hydrogen-bond acceptors (Lipinski definition) is 4. The first kappa shape index (κ1) is 16.5. The van der Waals surface area contributed by atoms with Gasteiger partial charge >= 0.3 is 5.97 Å². The Labute approximate surface area is 129 Å². The minimum Gasteiger partial charge on any atom is -0.479 e. The molecule has 1 unspecified atom stereocenters. The summed E-state index contributed by atoms with van der Waals surface area (Å²) in [5, 5.41) is 11.0. The summed E-state index contributed by atoms with van der Waals surface area (Å²) in [6, 6.07) is 6.95. The third-order valence-electron chi connectivity index (χ3n) is 3.83. The summed E-state index contributed by atoms with van der Waals surface area (Å²) in [7, 11) is -3.52. The number of carbonyl (C=O) groups is 2. The molecule has 1 aliphatic rings. The fraction of sp³-hybridized carbons (Fsp3) is 0.467. The Morgan fingerprint density at radius 2 is 1.77 bits per heavy atom. The lowest BCUT2D eigenvalue weighted by Gasteiger charge is -2.16. The van der Waals surface area contributed by atoms with Crippen LogP contribution in [0.25, 0.3) is 0 Å². The van der Waals surface area contributed by atoms with Crippen LogP contribution in [-0.2, 0) is 19.4 Å². The van der Waals surface area contributed by atoms with Gasteiger partial charge in [0.15, 0.2) is 15.9 Å². The molecule has 0 heterocycles. The minimum atomic E-state index is -3.52. The van der Waals surface area contributed by atoms with Crippen LogP contribution in [0.4, 0.5) is 0 Å². The van der Waals surface area contributed by atoms with Crippen molar-refractivity contribution in [1.29, 1.82) is 0 Å². The van der Waals surface area contributed by atoms with E-state index in [0.29, 0.717) is 18.4 Å². The molecule has 22 heavy (non-hydrogen) atoms. The molecule has 1 fully saturated rings. The van der Waals surface area contributed by atoms with Gasteiger partial charge in [-0.1, -0.05) is 43.2 Å². The van der Waals surface area contributed by atoms with Crippen LogP contribution >= 0.6 is 0 Å². The van der Waals surface area contributed by atoms with Gasteiger partial charge in [-0.05, 0) is 18.4 Å². The van der Waals surface area contributed by atoms with Crippen LogP contribution < -0.4 is 5.32 Å². The van der Waals surface area contributed by atoms with Gasteiger partial charge in [0.25, 0.3) is 0 Å². The predicted molar refractivity (Wildman–Crippen MR) is 81.0 cm³/mol. The summed E-state index contributed by atoms with van der Waals surface area (Å²) >= 11 is 0. The van der Waals surface area contributed by atoms with Crippen LogP contribution in [0.2, 0.25) is 0 Å². The number of amides is 1. The molecular weight excluding hydrogens is 306 g/mol. The number of rotatable bonds is 6. The third kappa shape index (κ3) is 4.07. The Bertz CT molecular complexity index is 635. The van der Waals surface area contributed by atoms with Crippen molar-refractivity contribution < 1.29 is 23.1 Å². The standard InChI is InChI=1S/C15H19NO5S/c17-13(10-22(20,21)12-8-4-5-9-12)16-14(15(18)19)11-6-2-1-3-7-11/h1-3,6-7,12,14H,4-5,8-10H2,(H,16,17)(H,18,19). The summed E-state index contributed by atoms with van der Waals surface area (Å²) in [6.45, 7) is 0. The molecule has 1 atom stereocenters. The Hall–Kier alpha value is -1.89. The zero-order chi connectivity index (χ0) is 16.2. The van der Waals surface area contributed by atoms with E-state index >= 15 is 0 Å². The van der Waals surface area contributed by atoms with E-state index in [2.05, 4.69) is 5.32 Å². The molecular formula is C15H19NO5S. The summed E-state index contributed by atoms with van der Waals surface area (Å²) in [5.41, 5.74) is 0.404. The first-order chi connectivity index (χ1) is 10.4. The second-order valence-electron chi connectivity index (χ2n) is 5.46. The van der Waals surface area contributed by atoms with Gasteiger partial charge in [0.1, 0.15) is 5.75 Å². The number of carbonyl (C=O) groups excluding carboxylic acids is 1. The van der Waals surface area contributed by atoms with E-state index in [1.54, 1.807) is 30.3 Å². The maximum absolute atomic E-state index is 12.1. The molecule has 2 rings (SSSR count). The van der Waals surface area contributed by atoms with Crippen LogP contribution in [-0.4, -0.2) is 36.4 Å². The number of nitrogens with one attached hydrogen (secondary N) is 1. The average Bonchev–Trinajstić information content (AvgIpc) is 3.00. The molecule has 0 radical (unpaired) electrons. The van der Waals surface area contributed by atoms with Crippen LogP contribution in [0, 0.1) is 0 Å². The average molecular weight is 325 g/mol.